The van der Waals surface area contributed by atoms with Crippen LogP contribution in [0.1, 0.15) is 110 Å². The number of phenols is 2. The number of allylic oxidation sites excluding steroid dienone is 4. The molecule has 3 aromatic carbocycles. The van der Waals surface area contributed by atoms with E-state index >= 15 is 0 Å². The van der Waals surface area contributed by atoms with Gasteiger partial charge in [0.25, 0.3) is 11.7 Å². The quantitative estimate of drug-likeness (QED) is 0.180. The van der Waals surface area contributed by atoms with Gasteiger partial charge in [0.15, 0.2) is 11.4 Å². The van der Waals surface area contributed by atoms with Crippen molar-refractivity contribution in [1.29, 1.82) is 0 Å². The maximum atomic E-state index is 14.9. The molecule has 3 aromatic rings. The van der Waals surface area contributed by atoms with Crippen LogP contribution in [-0.4, -0.2) is 112 Å². The molecule has 6 aliphatic rings. The van der Waals surface area contributed by atoms with Crippen molar-refractivity contribution in [3.63, 3.8) is 0 Å². The molecule has 15 nitrogen and oxygen atoms in total. The normalized spacial score (nSPS) is 29.1. The van der Waals surface area contributed by atoms with E-state index in [4.69, 9.17) is 24.2 Å². The number of aromatic hydroxyl groups is 2. The van der Waals surface area contributed by atoms with E-state index in [1.54, 1.807) is 30.9 Å². The zero-order valence-corrected chi connectivity index (χ0v) is 43.2. The van der Waals surface area contributed by atoms with Crippen LogP contribution < -0.4 is 25.7 Å². The molecule has 0 radical (unpaired) electrons. The minimum absolute atomic E-state index is 0.00322. The minimum Gasteiger partial charge on any atom is -0.507 e. The third kappa shape index (κ3) is 10.3. The molecule has 71 heavy (non-hydrogen) atoms. The Morgan fingerprint density at radius 1 is 0.958 bits per heavy atom. The van der Waals surface area contributed by atoms with Crippen molar-refractivity contribution < 1.29 is 43.9 Å². The largest absolute Gasteiger partial charge is 0.507 e. The van der Waals surface area contributed by atoms with Gasteiger partial charge in [-0.25, -0.2) is 4.79 Å². The van der Waals surface area contributed by atoms with Crippen LogP contribution in [0.4, 0.5) is 16.2 Å². The van der Waals surface area contributed by atoms with E-state index in [1.807, 2.05) is 51.1 Å². The smallest absolute Gasteiger partial charge is 0.410 e. The van der Waals surface area contributed by atoms with Gasteiger partial charge in [0.05, 0.1) is 28.7 Å². The fourth-order valence-corrected chi connectivity index (χ4v) is 11.3. The summed E-state index contributed by atoms with van der Waals surface area (Å²) in [5.41, 5.74) is 0.826. The van der Waals surface area contributed by atoms with Crippen LogP contribution in [0, 0.1) is 36.5 Å². The number of para-hydroxylation sites is 1. The van der Waals surface area contributed by atoms with E-state index in [0.717, 1.165) is 38.2 Å². The number of hydrogen-bond donors (Lipinski definition) is 4. The molecule has 9 rings (SSSR count). The summed E-state index contributed by atoms with van der Waals surface area (Å²) in [6.45, 7) is 20.5. The third-order valence-corrected chi connectivity index (χ3v) is 15.6. The predicted molar refractivity (Wildman–Crippen MR) is 274 cm³/mol. The number of rotatable bonds is 5. The molecule has 2 saturated heterocycles. The number of likely N-dealkylation sites (tertiary alicyclic amines) is 2. The summed E-state index contributed by atoms with van der Waals surface area (Å²) in [6.07, 6.45) is 10.4. The number of anilines is 2. The van der Waals surface area contributed by atoms with E-state index in [1.165, 1.54) is 13.2 Å². The highest BCUT2D eigenvalue weighted by atomic mass is 16.7. The van der Waals surface area contributed by atoms with Crippen LogP contribution in [0.3, 0.4) is 0 Å². The molecule has 0 aromatic heterocycles. The lowest BCUT2D eigenvalue weighted by atomic mass is 9.80. The van der Waals surface area contributed by atoms with E-state index in [9.17, 15) is 29.7 Å². The number of amides is 2. The van der Waals surface area contributed by atoms with Crippen LogP contribution in [0.5, 0.6) is 17.2 Å². The molecule has 1 spiro atoms. The minimum atomic E-state index is -1.88. The maximum absolute atomic E-state index is 14.9. The Morgan fingerprint density at radius 3 is 2.31 bits per heavy atom. The van der Waals surface area contributed by atoms with Gasteiger partial charge in [-0.2, -0.15) is 0 Å². The van der Waals surface area contributed by atoms with E-state index in [2.05, 4.69) is 55.1 Å². The van der Waals surface area contributed by atoms with E-state index in [0.29, 0.717) is 50.3 Å². The summed E-state index contributed by atoms with van der Waals surface area (Å²) in [7, 11) is 2.09. The lowest BCUT2D eigenvalue weighted by Gasteiger charge is -2.39. The van der Waals surface area contributed by atoms with Gasteiger partial charge in [-0.3, -0.25) is 19.6 Å². The van der Waals surface area contributed by atoms with Crippen LogP contribution in [0.15, 0.2) is 76.5 Å². The number of carbonyl (C=O) groups excluding carboxylic acids is 3. The fraction of sp³-hybridized carbons (Fsp3) is 0.554. The molecule has 382 valence electrons. The van der Waals surface area contributed by atoms with Gasteiger partial charge < -0.3 is 49.5 Å². The topological polar surface area (TPSA) is 186 Å². The number of benzene rings is 3. The molecule has 7 atom stereocenters. The molecule has 5 bridgehead atoms. The molecule has 2 fully saturated rings. The maximum Gasteiger partial charge on any atom is 0.410 e. The summed E-state index contributed by atoms with van der Waals surface area (Å²) in [4.78, 5) is 59.8. The number of ether oxygens (including phenoxy) is 3. The molecular weight excluding hydrogens is 901 g/mol. The monoisotopic (exact) mass is 975 g/mol. The summed E-state index contributed by atoms with van der Waals surface area (Å²) in [5.74, 6) is -4.07. The molecule has 4 N–H and O–H groups in total. The predicted octanol–water partition coefficient (Wildman–Crippen LogP) is 8.33. The Balaban J connectivity index is 1.13. The van der Waals surface area contributed by atoms with Gasteiger partial charge in [0.1, 0.15) is 28.6 Å². The second kappa shape index (κ2) is 20.7. The van der Waals surface area contributed by atoms with Crippen molar-refractivity contribution in [2.24, 2.45) is 39.6 Å². The lowest BCUT2D eigenvalue weighted by Crippen LogP contribution is -2.48. The zero-order valence-electron chi connectivity index (χ0n) is 43.2. The summed E-state index contributed by atoms with van der Waals surface area (Å²) < 4.78 is 19.0. The molecule has 2 amide bonds. The number of fused-ring (bicyclic) bond motifs is 13. The number of hydrogen-bond acceptors (Lipinski definition) is 13. The first-order valence-corrected chi connectivity index (χ1v) is 25.6. The number of ketones is 1. The third-order valence-electron chi connectivity index (χ3n) is 15.6. The van der Waals surface area contributed by atoms with Crippen molar-refractivity contribution >= 4 is 39.9 Å². The van der Waals surface area contributed by atoms with Gasteiger partial charge in [-0.1, -0.05) is 78.0 Å². The molecule has 6 aliphatic heterocycles. The molecule has 4 unspecified atom stereocenters. The SMILES string of the molecule is C/C1=C/C=C/C(C)C[C@@H](C)C(O)[C@@H](C)C(OC(=O)N2CCC(N(C)c3ccccc3)CC2)[C@H](C)C/C=C/OC2(C)Oc3c(C)c(O)c4c(O)c(c5c(c4c3C2=O)=NC2(CCN(CC(C)C)CC2)N=5)NC1=O. The number of piperidine rings is 2. The van der Waals surface area contributed by atoms with Crippen LogP contribution in [0.2, 0.25) is 0 Å². The Labute approximate surface area is 417 Å². The zero-order chi connectivity index (χ0) is 51.1. The lowest BCUT2D eigenvalue weighted by molar-refractivity contribution is -0.112. The van der Waals surface area contributed by atoms with Gasteiger partial charge >= 0.3 is 11.9 Å². The number of aliphatic hydroxyl groups excluding tert-OH is 1. The van der Waals surface area contributed by atoms with Crippen LogP contribution in [-0.2, 0) is 14.3 Å². The summed E-state index contributed by atoms with van der Waals surface area (Å²) >= 11 is 0. The first kappa shape index (κ1) is 51.4. The molecule has 0 aliphatic carbocycles. The van der Waals surface area contributed by atoms with Crippen molar-refractivity contribution in [2.75, 3.05) is 50.0 Å². The number of phenolic OH excluding ortho intramolecular Hbond substituents is 2. The highest BCUT2D eigenvalue weighted by Gasteiger charge is 2.50. The standard InChI is InChI=1S/C56H74N6O9/c1-32(2)31-61-27-23-56(24-28-61)58-44-41-42-48(64)38(8)51-43(41)52(66)55(9,71-51)69-29-15-18-34(4)50(70-54(68)62-25-21-40(22-26-62)60(10)39-19-12-11-13-20-39)37(7)47(63)36(6)30-33(3)16-14-17-35(5)53(67)57-46(49(42)65)45(44)59-56/h11-17,19-20,29,32-34,36-37,40,47,50,63-65H,18,21-28,30-31H2,1-10H3,(H,57,67)/b16-14+,29-15+,35-17-/t33?,34-,36-,37-,47?,50?,55?/m1/s1. The van der Waals surface area contributed by atoms with Crippen molar-refractivity contribution in [1.82, 2.24) is 9.80 Å². The Bertz CT molecular complexity index is 2740. The molecule has 6 heterocycles. The highest BCUT2D eigenvalue weighted by molar-refractivity contribution is 6.19. The van der Waals surface area contributed by atoms with Crippen LogP contribution >= 0.6 is 0 Å². The first-order valence-electron chi connectivity index (χ1n) is 25.6. The number of carbonyl (C=O) groups is 3. The van der Waals surface area contributed by atoms with Gasteiger partial charge in [-0.05, 0) is 81.4 Å². The number of Topliss-reactive ketones (excluding diaryl/α,β-unsaturated/α-hetero) is 1. The Kier molecular flexibility index (Phi) is 15.0. The number of nitrogens with one attached hydrogen (secondary N) is 1. The average molecular weight is 975 g/mol. The second-order valence-electron chi connectivity index (χ2n) is 21.6. The van der Waals surface area contributed by atoms with Crippen molar-refractivity contribution in [3.8, 4) is 17.2 Å². The summed E-state index contributed by atoms with van der Waals surface area (Å²) in [5, 5.41) is 39.6. The van der Waals surface area contributed by atoms with Crippen molar-refractivity contribution in [3.05, 3.63) is 88.3 Å². The fourth-order valence-electron chi connectivity index (χ4n) is 11.3. The molecule has 15 heteroatoms. The first-order chi connectivity index (χ1) is 33.7. The second-order valence-corrected chi connectivity index (χ2v) is 21.6. The van der Waals surface area contributed by atoms with Gasteiger partial charge in [0, 0.05) is 93.7 Å². The number of nitrogens with zero attached hydrogens (tertiary/aromatic N) is 5. The van der Waals surface area contributed by atoms with E-state index < -0.39 is 53.1 Å². The van der Waals surface area contributed by atoms with Crippen molar-refractivity contribution in [2.45, 2.75) is 131 Å². The highest BCUT2D eigenvalue weighted by Crippen LogP contribution is 2.50. The number of aliphatic hydroxyl groups is 1. The average Bonchev–Trinajstić information content (AvgIpc) is 3.85. The van der Waals surface area contributed by atoms with Gasteiger partial charge in [-0.15, -0.1) is 0 Å². The van der Waals surface area contributed by atoms with E-state index in [-0.39, 0.29) is 73.6 Å². The van der Waals surface area contributed by atoms with Gasteiger partial charge in [0.2, 0.25) is 0 Å². The molecular formula is C56H74N6O9. The summed E-state index contributed by atoms with van der Waals surface area (Å²) in [6, 6.07) is 10.5. The molecule has 0 saturated carbocycles. The Morgan fingerprint density at radius 2 is 1.63 bits per heavy atom. The Hall–Kier alpha value is -5.93. The van der Waals surface area contributed by atoms with Crippen LogP contribution in [0.25, 0.3) is 10.8 Å².